The Morgan fingerprint density at radius 2 is 2.26 bits per heavy atom. The van der Waals surface area contributed by atoms with Crippen LogP contribution in [-0.4, -0.2) is 51.4 Å². The standard InChI is InChI=1S/C12H17N3O4/c1-14-10(19-2)7-9(13-14)12(18)15(8-3-4-8)6-5-11(16)17/h7-8H,3-6H2,1-2H3,(H,16,17). The topological polar surface area (TPSA) is 84.7 Å². The fourth-order valence-electron chi connectivity index (χ4n) is 1.95. The van der Waals surface area contributed by atoms with Gasteiger partial charge in [0, 0.05) is 25.7 Å². The van der Waals surface area contributed by atoms with Crippen molar-refractivity contribution < 1.29 is 19.4 Å². The predicted octanol–water partition coefficient (Wildman–Crippen LogP) is 0.508. The van der Waals surface area contributed by atoms with Gasteiger partial charge in [0.25, 0.3) is 5.91 Å². The lowest BCUT2D eigenvalue weighted by Crippen LogP contribution is -2.35. The summed E-state index contributed by atoms with van der Waals surface area (Å²) in [5.41, 5.74) is 0.289. The fraction of sp³-hybridized carbons (Fsp3) is 0.583. The molecule has 104 valence electrons. The Bertz CT molecular complexity index is 493. The molecule has 1 aliphatic rings. The highest BCUT2D eigenvalue weighted by atomic mass is 16.5. The number of rotatable bonds is 6. The van der Waals surface area contributed by atoms with Gasteiger partial charge >= 0.3 is 5.97 Å². The number of aromatic nitrogens is 2. The van der Waals surface area contributed by atoms with Crippen molar-refractivity contribution in [1.82, 2.24) is 14.7 Å². The molecule has 0 spiro atoms. The molecule has 7 nitrogen and oxygen atoms in total. The smallest absolute Gasteiger partial charge is 0.305 e. The fourth-order valence-corrected chi connectivity index (χ4v) is 1.95. The molecule has 1 aliphatic carbocycles. The van der Waals surface area contributed by atoms with E-state index in [-0.39, 0.29) is 30.6 Å². The Balaban J connectivity index is 2.11. The zero-order valence-electron chi connectivity index (χ0n) is 11.0. The van der Waals surface area contributed by atoms with E-state index in [9.17, 15) is 9.59 Å². The van der Waals surface area contributed by atoms with Gasteiger partial charge in [0.15, 0.2) is 5.69 Å². The Morgan fingerprint density at radius 3 is 2.74 bits per heavy atom. The maximum Gasteiger partial charge on any atom is 0.305 e. The molecule has 1 amide bonds. The maximum absolute atomic E-state index is 12.3. The zero-order chi connectivity index (χ0) is 14.0. The third kappa shape index (κ3) is 3.04. The van der Waals surface area contributed by atoms with Crippen molar-refractivity contribution in [2.75, 3.05) is 13.7 Å². The lowest BCUT2D eigenvalue weighted by molar-refractivity contribution is -0.137. The van der Waals surface area contributed by atoms with Gasteiger partial charge in [-0.15, -0.1) is 0 Å². The van der Waals surface area contributed by atoms with Gasteiger partial charge in [-0.25, -0.2) is 4.68 Å². The highest BCUT2D eigenvalue weighted by molar-refractivity contribution is 5.93. The number of carbonyl (C=O) groups excluding carboxylic acids is 1. The molecule has 1 heterocycles. The number of carboxylic acid groups (broad SMARTS) is 1. The van der Waals surface area contributed by atoms with Gasteiger partial charge in [-0.3, -0.25) is 9.59 Å². The summed E-state index contributed by atoms with van der Waals surface area (Å²) in [6.45, 7) is 0.220. The van der Waals surface area contributed by atoms with E-state index in [1.807, 2.05) is 0 Å². The van der Waals surface area contributed by atoms with Crippen molar-refractivity contribution in [3.8, 4) is 5.88 Å². The van der Waals surface area contributed by atoms with Crippen molar-refractivity contribution in [2.45, 2.75) is 25.3 Å². The number of hydrogen-bond acceptors (Lipinski definition) is 4. The number of methoxy groups -OCH3 is 1. The molecule has 1 N–H and O–H groups in total. The normalized spacial score (nSPS) is 14.2. The molecular weight excluding hydrogens is 250 g/mol. The van der Waals surface area contributed by atoms with Crippen LogP contribution in [0, 0.1) is 0 Å². The first-order valence-electron chi connectivity index (χ1n) is 6.13. The van der Waals surface area contributed by atoms with Gasteiger partial charge in [-0.1, -0.05) is 0 Å². The number of aryl methyl sites for hydroxylation is 1. The predicted molar refractivity (Wildman–Crippen MR) is 66.1 cm³/mol. The summed E-state index contributed by atoms with van der Waals surface area (Å²) in [5, 5.41) is 12.8. The molecule has 1 aromatic rings. The van der Waals surface area contributed by atoms with Crippen molar-refractivity contribution in [3.63, 3.8) is 0 Å². The van der Waals surface area contributed by atoms with Crippen LogP contribution in [0.15, 0.2) is 6.07 Å². The van der Waals surface area contributed by atoms with Gasteiger partial charge < -0.3 is 14.7 Å². The molecule has 0 bridgehead atoms. The van der Waals surface area contributed by atoms with Crippen LogP contribution < -0.4 is 4.74 Å². The van der Waals surface area contributed by atoms with Gasteiger partial charge in [0.05, 0.1) is 13.5 Å². The highest BCUT2D eigenvalue weighted by Crippen LogP contribution is 2.28. The number of carbonyl (C=O) groups is 2. The minimum Gasteiger partial charge on any atom is -0.481 e. The monoisotopic (exact) mass is 267 g/mol. The van der Waals surface area contributed by atoms with E-state index in [2.05, 4.69) is 5.10 Å². The summed E-state index contributed by atoms with van der Waals surface area (Å²) in [6, 6.07) is 1.72. The van der Waals surface area contributed by atoms with Crippen LogP contribution in [0.1, 0.15) is 29.8 Å². The average Bonchev–Trinajstić information content (AvgIpc) is 3.11. The minimum atomic E-state index is -0.906. The van der Waals surface area contributed by atoms with Crippen LogP contribution in [0.3, 0.4) is 0 Å². The largest absolute Gasteiger partial charge is 0.481 e. The molecule has 1 aromatic heterocycles. The van der Waals surface area contributed by atoms with Gasteiger partial charge in [-0.05, 0) is 12.8 Å². The Labute approximate surface area is 110 Å². The molecule has 1 fully saturated rings. The van der Waals surface area contributed by atoms with Gasteiger partial charge in [0.2, 0.25) is 5.88 Å². The second-order valence-electron chi connectivity index (χ2n) is 4.57. The Hall–Kier alpha value is -2.05. The maximum atomic E-state index is 12.3. The molecule has 0 unspecified atom stereocenters. The molecule has 1 saturated carbocycles. The Morgan fingerprint density at radius 1 is 1.58 bits per heavy atom. The lowest BCUT2D eigenvalue weighted by Gasteiger charge is -2.20. The van der Waals surface area contributed by atoms with Crippen molar-refractivity contribution in [3.05, 3.63) is 11.8 Å². The van der Waals surface area contributed by atoms with Crippen LogP contribution in [0.5, 0.6) is 5.88 Å². The number of hydrogen-bond donors (Lipinski definition) is 1. The second kappa shape index (κ2) is 5.29. The number of ether oxygens (including phenoxy) is 1. The summed E-state index contributed by atoms with van der Waals surface area (Å²) in [4.78, 5) is 24.5. The van der Waals surface area contributed by atoms with E-state index < -0.39 is 5.97 Å². The van der Waals surface area contributed by atoms with Crippen LogP contribution >= 0.6 is 0 Å². The Kier molecular flexibility index (Phi) is 3.73. The quantitative estimate of drug-likeness (QED) is 0.811. The SMILES string of the molecule is COc1cc(C(=O)N(CCC(=O)O)C2CC2)nn1C. The van der Waals surface area contributed by atoms with E-state index in [0.29, 0.717) is 5.88 Å². The van der Waals surface area contributed by atoms with E-state index in [0.717, 1.165) is 12.8 Å². The van der Waals surface area contributed by atoms with E-state index in [1.165, 1.54) is 11.8 Å². The molecule has 0 saturated heterocycles. The van der Waals surface area contributed by atoms with Gasteiger partial charge in [0.1, 0.15) is 0 Å². The lowest BCUT2D eigenvalue weighted by atomic mass is 10.3. The number of amides is 1. The molecule has 0 aromatic carbocycles. The summed E-state index contributed by atoms with van der Waals surface area (Å²) >= 11 is 0. The van der Waals surface area contributed by atoms with E-state index >= 15 is 0 Å². The van der Waals surface area contributed by atoms with Crippen molar-refractivity contribution >= 4 is 11.9 Å². The summed E-state index contributed by atoms with van der Waals surface area (Å²) in [5.74, 6) is -0.642. The average molecular weight is 267 g/mol. The molecular formula is C12H17N3O4. The highest BCUT2D eigenvalue weighted by Gasteiger charge is 2.34. The molecule has 19 heavy (non-hydrogen) atoms. The molecule has 0 radical (unpaired) electrons. The molecule has 0 aliphatic heterocycles. The molecule has 7 heteroatoms. The van der Waals surface area contributed by atoms with E-state index in [4.69, 9.17) is 9.84 Å². The van der Waals surface area contributed by atoms with Crippen LogP contribution in [0.2, 0.25) is 0 Å². The van der Waals surface area contributed by atoms with Gasteiger partial charge in [-0.2, -0.15) is 5.10 Å². The first kappa shape index (κ1) is 13.4. The zero-order valence-corrected chi connectivity index (χ0v) is 11.0. The number of carboxylic acids is 1. The third-order valence-corrected chi connectivity index (χ3v) is 3.08. The summed E-state index contributed by atoms with van der Waals surface area (Å²) in [7, 11) is 3.20. The van der Waals surface area contributed by atoms with Crippen LogP contribution in [0.25, 0.3) is 0 Å². The molecule has 2 rings (SSSR count). The summed E-state index contributed by atoms with van der Waals surface area (Å²) < 4.78 is 6.55. The number of nitrogens with zero attached hydrogens (tertiary/aromatic N) is 3. The third-order valence-electron chi connectivity index (χ3n) is 3.08. The second-order valence-corrected chi connectivity index (χ2v) is 4.57. The molecule has 0 atom stereocenters. The van der Waals surface area contributed by atoms with Crippen LogP contribution in [0.4, 0.5) is 0 Å². The minimum absolute atomic E-state index is 0.0494. The van der Waals surface area contributed by atoms with Crippen LogP contribution in [-0.2, 0) is 11.8 Å². The number of aliphatic carboxylic acids is 1. The summed E-state index contributed by atoms with van der Waals surface area (Å²) in [6.07, 6.45) is 1.80. The van der Waals surface area contributed by atoms with Crippen molar-refractivity contribution in [1.29, 1.82) is 0 Å². The first-order chi connectivity index (χ1) is 9.02. The van der Waals surface area contributed by atoms with Crippen molar-refractivity contribution in [2.24, 2.45) is 7.05 Å². The van der Waals surface area contributed by atoms with E-state index in [1.54, 1.807) is 18.0 Å². The first-order valence-corrected chi connectivity index (χ1v) is 6.13.